The van der Waals surface area contributed by atoms with E-state index >= 15 is 0 Å². The lowest BCUT2D eigenvalue weighted by molar-refractivity contribution is 0.0376. The molecule has 0 N–H and O–H groups in total. The fourth-order valence-corrected chi connectivity index (χ4v) is 8.61. The Morgan fingerprint density at radius 1 is 1.02 bits per heavy atom. The first kappa shape index (κ1) is 33.4. The van der Waals surface area contributed by atoms with Crippen LogP contribution < -0.4 is 14.4 Å². The molecule has 3 aromatic rings. The SMILES string of the molecule is COc1ccc(OC)c2sc(N(CCCN3CCOCC3)C(=O)c3ccc(S(=O)(=O)N4CC(C)CC(C)C4)cc3)nc12.Cl. The van der Waals surface area contributed by atoms with Crippen LogP contribution >= 0.6 is 23.7 Å². The van der Waals surface area contributed by atoms with Crippen LogP contribution in [0.2, 0.25) is 0 Å². The number of fused-ring (bicyclic) bond motifs is 1. The minimum absolute atomic E-state index is 0. The van der Waals surface area contributed by atoms with Crippen molar-refractivity contribution in [3.63, 3.8) is 0 Å². The van der Waals surface area contributed by atoms with Gasteiger partial charge in [-0.2, -0.15) is 4.31 Å². The number of nitrogens with zero attached hydrogens (tertiary/aromatic N) is 4. The molecular formula is C30H41ClN4O6S2. The zero-order valence-electron chi connectivity index (χ0n) is 25.2. The molecule has 2 saturated heterocycles. The third-order valence-electron chi connectivity index (χ3n) is 7.91. The number of hydrogen-bond donors (Lipinski definition) is 0. The van der Waals surface area contributed by atoms with Gasteiger partial charge in [0, 0.05) is 44.8 Å². The highest BCUT2D eigenvalue weighted by Crippen LogP contribution is 2.40. The van der Waals surface area contributed by atoms with E-state index in [9.17, 15) is 13.2 Å². The number of morpholine rings is 1. The van der Waals surface area contributed by atoms with Crippen LogP contribution in [0.1, 0.15) is 37.0 Å². The molecule has 43 heavy (non-hydrogen) atoms. The van der Waals surface area contributed by atoms with Gasteiger partial charge in [-0.05, 0) is 61.1 Å². The van der Waals surface area contributed by atoms with Gasteiger partial charge in [-0.25, -0.2) is 13.4 Å². The maximum Gasteiger partial charge on any atom is 0.260 e. The molecular weight excluding hydrogens is 612 g/mol. The topological polar surface area (TPSA) is 102 Å². The molecule has 0 saturated carbocycles. The molecule has 1 amide bonds. The van der Waals surface area contributed by atoms with Crippen LogP contribution in [-0.2, 0) is 14.8 Å². The minimum Gasteiger partial charge on any atom is -0.495 e. The molecule has 2 atom stereocenters. The van der Waals surface area contributed by atoms with E-state index in [1.165, 1.54) is 11.3 Å². The maximum absolute atomic E-state index is 14.0. The van der Waals surface area contributed by atoms with Crippen molar-refractivity contribution < 1.29 is 27.4 Å². The van der Waals surface area contributed by atoms with Crippen LogP contribution in [0.5, 0.6) is 11.5 Å². The van der Waals surface area contributed by atoms with E-state index < -0.39 is 10.0 Å². The van der Waals surface area contributed by atoms with Gasteiger partial charge in [0.25, 0.3) is 5.91 Å². The molecule has 10 nitrogen and oxygen atoms in total. The van der Waals surface area contributed by atoms with Crippen molar-refractivity contribution in [1.29, 1.82) is 0 Å². The van der Waals surface area contributed by atoms with Crippen LogP contribution in [0.4, 0.5) is 5.13 Å². The summed E-state index contributed by atoms with van der Waals surface area (Å²) in [5, 5.41) is 0.535. The summed E-state index contributed by atoms with van der Waals surface area (Å²) < 4.78 is 45.8. The van der Waals surface area contributed by atoms with Crippen molar-refractivity contribution >= 4 is 55.0 Å². The Morgan fingerprint density at radius 3 is 2.28 bits per heavy atom. The largest absolute Gasteiger partial charge is 0.495 e. The highest BCUT2D eigenvalue weighted by Gasteiger charge is 2.32. The normalized spacial score (nSPS) is 20.0. The van der Waals surface area contributed by atoms with Gasteiger partial charge in [-0.15, -0.1) is 12.4 Å². The van der Waals surface area contributed by atoms with Gasteiger partial charge in [0.05, 0.1) is 32.3 Å². The number of sulfonamides is 1. The smallest absolute Gasteiger partial charge is 0.260 e. The molecule has 13 heteroatoms. The minimum atomic E-state index is -3.65. The fourth-order valence-electron chi connectivity index (χ4n) is 5.83. The molecule has 2 fully saturated rings. The van der Waals surface area contributed by atoms with E-state index in [1.54, 1.807) is 53.8 Å². The number of hydrogen-bond acceptors (Lipinski definition) is 9. The zero-order valence-corrected chi connectivity index (χ0v) is 27.6. The van der Waals surface area contributed by atoms with Gasteiger partial charge < -0.3 is 14.2 Å². The second-order valence-corrected chi connectivity index (χ2v) is 14.1. The molecule has 0 spiro atoms. The van der Waals surface area contributed by atoms with E-state index in [0.717, 1.165) is 37.2 Å². The number of benzene rings is 2. The number of carbonyl (C=O) groups excluding carboxylic acids is 1. The van der Waals surface area contributed by atoms with Crippen molar-refractivity contribution in [2.75, 3.05) is 71.6 Å². The molecule has 2 aliphatic heterocycles. The van der Waals surface area contributed by atoms with E-state index in [-0.39, 0.29) is 23.2 Å². The number of ether oxygens (including phenoxy) is 3. The monoisotopic (exact) mass is 652 g/mol. The number of piperidine rings is 1. The van der Waals surface area contributed by atoms with Crippen LogP contribution in [-0.4, -0.2) is 95.2 Å². The van der Waals surface area contributed by atoms with E-state index in [2.05, 4.69) is 18.7 Å². The maximum atomic E-state index is 14.0. The Balaban J connectivity index is 0.00000423. The summed E-state index contributed by atoms with van der Waals surface area (Å²) in [6, 6.07) is 9.94. The quantitative estimate of drug-likeness (QED) is 0.309. The lowest BCUT2D eigenvalue weighted by Crippen LogP contribution is -2.42. The molecule has 0 bridgehead atoms. The van der Waals surface area contributed by atoms with Crippen molar-refractivity contribution in [2.24, 2.45) is 11.8 Å². The molecule has 0 radical (unpaired) electrons. The Labute approximate surface area is 264 Å². The average Bonchev–Trinajstić information content (AvgIpc) is 3.44. The Morgan fingerprint density at radius 2 is 1.65 bits per heavy atom. The number of thiazole rings is 1. The summed E-state index contributed by atoms with van der Waals surface area (Å²) in [5.41, 5.74) is 1.04. The van der Waals surface area contributed by atoms with E-state index in [0.29, 0.717) is 72.4 Å². The van der Waals surface area contributed by atoms with Crippen molar-refractivity contribution in [3.05, 3.63) is 42.0 Å². The lowest BCUT2D eigenvalue weighted by Gasteiger charge is -2.34. The van der Waals surface area contributed by atoms with Gasteiger partial charge in [0.2, 0.25) is 10.0 Å². The first-order valence-electron chi connectivity index (χ1n) is 14.4. The summed E-state index contributed by atoms with van der Waals surface area (Å²) in [5.74, 6) is 1.64. The van der Waals surface area contributed by atoms with Crippen molar-refractivity contribution in [3.8, 4) is 11.5 Å². The number of aromatic nitrogens is 1. The number of halogens is 1. The summed E-state index contributed by atoms with van der Waals surface area (Å²) in [4.78, 5) is 23.0. The van der Waals surface area contributed by atoms with E-state index in [4.69, 9.17) is 19.2 Å². The van der Waals surface area contributed by atoms with Gasteiger partial charge in [0.1, 0.15) is 21.7 Å². The summed E-state index contributed by atoms with van der Waals surface area (Å²) in [6.07, 6.45) is 1.76. The third kappa shape index (κ3) is 7.43. The molecule has 2 unspecified atom stereocenters. The first-order chi connectivity index (χ1) is 20.2. The number of anilines is 1. The Hall–Kier alpha value is -2.48. The first-order valence-corrected chi connectivity index (χ1v) is 16.7. The summed E-state index contributed by atoms with van der Waals surface area (Å²) >= 11 is 1.37. The number of methoxy groups -OCH3 is 2. The summed E-state index contributed by atoms with van der Waals surface area (Å²) in [7, 11) is -0.454. The second-order valence-electron chi connectivity index (χ2n) is 11.2. The number of amides is 1. The third-order valence-corrected chi connectivity index (χ3v) is 10.8. The second kappa shape index (κ2) is 14.5. The van der Waals surface area contributed by atoms with Crippen LogP contribution in [0, 0.1) is 11.8 Å². The van der Waals surface area contributed by atoms with Crippen LogP contribution in [0.3, 0.4) is 0 Å². The van der Waals surface area contributed by atoms with Crippen molar-refractivity contribution in [2.45, 2.75) is 31.6 Å². The summed E-state index contributed by atoms with van der Waals surface area (Å²) in [6.45, 7) is 9.63. The predicted molar refractivity (Wildman–Crippen MR) is 172 cm³/mol. The molecule has 2 aromatic carbocycles. The highest BCUT2D eigenvalue weighted by molar-refractivity contribution is 7.89. The van der Waals surface area contributed by atoms with Gasteiger partial charge in [-0.3, -0.25) is 14.6 Å². The predicted octanol–water partition coefficient (Wildman–Crippen LogP) is 4.77. The standard InChI is InChI=1S/C30H40N4O6S2.ClH/c1-21-18-22(2)20-33(19-21)42(36,37)24-8-6-23(7-9-24)29(35)34(13-5-12-32-14-16-40-17-15-32)30-31-27-25(38-3)10-11-26(39-4)28(27)41-30;/h6-11,21-22H,5,12-20H2,1-4H3;1H. The molecule has 3 heterocycles. The molecule has 2 aliphatic rings. The molecule has 236 valence electrons. The number of rotatable bonds is 10. The van der Waals surface area contributed by atoms with Gasteiger partial charge in [-0.1, -0.05) is 25.2 Å². The van der Waals surface area contributed by atoms with Gasteiger partial charge in [0.15, 0.2) is 5.13 Å². The molecule has 0 aliphatic carbocycles. The lowest BCUT2D eigenvalue weighted by atomic mass is 9.94. The van der Waals surface area contributed by atoms with Gasteiger partial charge >= 0.3 is 0 Å². The number of carbonyl (C=O) groups is 1. The average molecular weight is 653 g/mol. The van der Waals surface area contributed by atoms with E-state index in [1.807, 2.05) is 6.07 Å². The Bertz CT molecular complexity index is 1440. The Kier molecular flexibility index (Phi) is 11.3. The zero-order chi connectivity index (χ0) is 29.9. The molecule has 1 aromatic heterocycles. The van der Waals surface area contributed by atoms with Crippen LogP contribution in [0.15, 0.2) is 41.3 Å². The fraction of sp³-hybridized carbons (Fsp3) is 0.533. The highest BCUT2D eigenvalue weighted by atomic mass is 35.5. The molecule has 5 rings (SSSR count). The van der Waals surface area contributed by atoms with Crippen LogP contribution in [0.25, 0.3) is 10.2 Å². The van der Waals surface area contributed by atoms with Crippen molar-refractivity contribution in [1.82, 2.24) is 14.2 Å².